The van der Waals surface area contributed by atoms with Gasteiger partial charge in [-0.2, -0.15) is 0 Å². The summed E-state index contributed by atoms with van der Waals surface area (Å²) in [4.78, 5) is 14.5. The molecule has 1 N–H and O–H groups in total. The number of amides is 1. The van der Waals surface area contributed by atoms with E-state index in [-0.39, 0.29) is 12.5 Å². The highest BCUT2D eigenvalue weighted by atomic mass is 16.5. The molecule has 1 fully saturated rings. The van der Waals surface area contributed by atoms with Crippen LogP contribution in [-0.4, -0.2) is 43.7 Å². The maximum atomic E-state index is 12.1. The van der Waals surface area contributed by atoms with E-state index >= 15 is 0 Å². The topological polar surface area (TPSA) is 50.8 Å². The first kappa shape index (κ1) is 19.4. The van der Waals surface area contributed by atoms with Gasteiger partial charge < -0.3 is 14.8 Å². The molecule has 1 aliphatic heterocycles. The lowest BCUT2D eigenvalue weighted by Crippen LogP contribution is -2.35. The number of aryl methyl sites for hydroxylation is 2. The molecule has 0 aromatic heterocycles. The van der Waals surface area contributed by atoms with E-state index in [1.54, 1.807) is 0 Å². The molecule has 144 valence electrons. The fourth-order valence-corrected chi connectivity index (χ4v) is 3.20. The Balaban J connectivity index is 1.43. The Bertz CT molecular complexity index is 732. The van der Waals surface area contributed by atoms with Crippen LogP contribution in [0.5, 0.6) is 5.75 Å². The zero-order valence-electron chi connectivity index (χ0n) is 16.2. The molecule has 0 bridgehead atoms. The number of ether oxygens (including phenoxy) is 2. The predicted octanol–water partition coefficient (Wildman–Crippen LogP) is 2.83. The van der Waals surface area contributed by atoms with Gasteiger partial charge in [0.1, 0.15) is 5.75 Å². The summed E-state index contributed by atoms with van der Waals surface area (Å²) in [7, 11) is 0. The number of hydrogen-bond acceptors (Lipinski definition) is 4. The van der Waals surface area contributed by atoms with Crippen LogP contribution >= 0.6 is 0 Å². The van der Waals surface area contributed by atoms with Gasteiger partial charge in [0.15, 0.2) is 6.61 Å². The minimum Gasteiger partial charge on any atom is -0.483 e. The Labute approximate surface area is 161 Å². The van der Waals surface area contributed by atoms with Crippen LogP contribution in [-0.2, 0) is 22.6 Å². The number of para-hydroxylation sites is 1. The smallest absolute Gasteiger partial charge is 0.258 e. The maximum Gasteiger partial charge on any atom is 0.258 e. The summed E-state index contributed by atoms with van der Waals surface area (Å²) in [5, 5.41) is 2.92. The van der Waals surface area contributed by atoms with Crippen molar-refractivity contribution in [2.45, 2.75) is 26.9 Å². The Morgan fingerprint density at radius 3 is 2.33 bits per heavy atom. The summed E-state index contributed by atoms with van der Waals surface area (Å²) >= 11 is 0. The molecule has 1 aliphatic rings. The molecule has 5 heteroatoms. The lowest BCUT2D eigenvalue weighted by Gasteiger charge is -2.26. The van der Waals surface area contributed by atoms with Crippen LogP contribution in [0.15, 0.2) is 42.5 Å². The van der Waals surface area contributed by atoms with E-state index in [0.29, 0.717) is 6.54 Å². The lowest BCUT2D eigenvalue weighted by atomic mass is 10.1. The number of nitrogens with one attached hydrogen (secondary N) is 1. The highest BCUT2D eigenvalue weighted by Gasteiger charge is 2.11. The van der Waals surface area contributed by atoms with Crippen molar-refractivity contribution in [1.82, 2.24) is 10.2 Å². The number of carbonyl (C=O) groups excluding carboxylic acids is 1. The van der Waals surface area contributed by atoms with Crippen LogP contribution in [0, 0.1) is 13.8 Å². The highest BCUT2D eigenvalue weighted by Crippen LogP contribution is 2.22. The average molecular weight is 368 g/mol. The maximum absolute atomic E-state index is 12.1. The van der Waals surface area contributed by atoms with E-state index in [2.05, 4.69) is 34.5 Å². The Morgan fingerprint density at radius 1 is 1.04 bits per heavy atom. The van der Waals surface area contributed by atoms with E-state index < -0.39 is 0 Å². The van der Waals surface area contributed by atoms with Crippen molar-refractivity contribution in [1.29, 1.82) is 0 Å². The molecule has 1 amide bonds. The molecule has 2 aromatic carbocycles. The van der Waals surface area contributed by atoms with Gasteiger partial charge in [0.2, 0.25) is 0 Å². The van der Waals surface area contributed by atoms with E-state index in [0.717, 1.165) is 55.3 Å². The first-order valence-electron chi connectivity index (χ1n) is 9.45. The standard InChI is InChI=1S/C22H28N2O3/c1-17-4-3-5-18(2)22(17)27-16-21(25)23-14-19-6-8-20(9-7-19)15-24-10-12-26-13-11-24/h3-9H,10-16H2,1-2H3,(H,23,25). The molecule has 0 saturated carbocycles. The normalized spacial score (nSPS) is 14.7. The van der Waals surface area contributed by atoms with Crippen molar-refractivity contribution in [3.8, 4) is 5.75 Å². The Hall–Kier alpha value is -2.37. The Morgan fingerprint density at radius 2 is 1.67 bits per heavy atom. The predicted molar refractivity (Wildman–Crippen MR) is 106 cm³/mol. The van der Waals surface area contributed by atoms with Crippen LogP contribution in [0.25, 0.3) is 0 Å². The molecular weight excluding hydrogens is 340 g/mol. The van der Waals surface area contributed by atoms with Gasteiger partial charge >= 0.3 is 0 Å². The fourth-order valence-electron chi connectivity index (χ4n) is 3.20. The van der Waals surface area contributed by atoms with Gasteiger partial charge in [0.25, 0.3) is 5.91 Å². The van der Waals surface area contributed by atoms with Crippen LogP contribution < -0.4 is 10.1 Å². The van der Waals surface area contributed by atoms with E-state index in [1.807, 2.05) is 32.0 Å². The molecule has 2 aromatic rings. The number of benzene rings is 2. The van der Waals surface area contributed by atoms with Gasteiger partial charge in [-0.1, -0.05) is 42.5 Å². The first-order valence-corrected chi connectivity index (χ1v) is 9.45. The molecule has 0 radical (unpaired) electrons. The molecule has 0 spiro atoms. The van der Waals surface area contributed by atoms with Crippen molar-refractivity contribution in [2.75, 3.05) is 32.9 Å². The zero-order chi connectivity index (χ0) is 19.1. The fraction of sp³-hybridized carbons (Fsp3) is 0.409. The largest absolute Gasteiger partial charge is 0.483 e. The third kappa shape index (κ3) is 5.81. The molecular formula is C22H28N2O3. The van der Waals surface area contributed by atoms with Gasteiger partial charge in [-0.25, -0.2) is 0 Å². The summed E-state index contributed by atoms with van der Waals surface area (Å²) in [5.74, 6) is 0.676. The molecule has 1 saturated heterocycles. The number of nitrogens with zero attached hydrogens (tertiary/aromatic N) is 1. The van der Waals surface area contributed by atoms with Gasteiger partial charge in [0, 0.05) is 26.2 Å². The summed E-state index contributed by atoms with van der Waals surface area (Å²) in [6.45, 7) is 9.05. The second-order valence-corrected chi connectivity index (χ2v) is 6.99. The number of hydrogen-bond donors (Lipinski definition) is 1. The third-order valence-electron chi connectivity index (χ3n) is 4.78. The Kier molecular flexibility index (Phi) is 6.85. The van der Waals surface area contributed by atoms with Crippen molar-refractivity contribution in [2.24, 2.45) is 0 Å². The van der Waals surface area contributed by atoms with Gasteiger partial charge in [-0.15, -0.1) is 0 Å². The number of rotatable bonds is 7. The summed E-state index contributed by atoms with van der Waals surface area (Å²) in [6, 6.07) is 14.4. The summed E-state index contributed by atoms with van der Waals surface area (Å²) in [5.41, 5.74) is 4.45. The van der Waals surface area contributed by atoms with E-state index in [1.165, 1.54) is 5.56 Å². The quantitative estimate of drug-likeness (QED) is 0.817. The van der Waals surface area contributed by atoms with Crippen molar-refractivity contribution < 1.29 is 14.3 Å². The average Bonchev–Trinajstić information content (AvgIpc) is 2.68. The molecule has 5 nitrogen and oxygen atoms in total. The van der Waals surface area contributed by atoms with Gasteiger partial charge in [0.05, 0.1) is 13.2 Å². The van der Waals surface area contributed by atoms with Gasteiger partial charge in [-0.05, 0) is 36.1 Å². The lowest BCUT2D eigenvalue weighted by molar-refractivity contribution is -0.123. The second-order valence-electron chi connectivity index (χ2n) is 6.99. The zero-order valence-corrected chi connectivity index (χ0v) is 16.2. The minimum absolute atomic E-state index is 0.0286. The second kappa shape index (κ2) is 9.53. The monoisotopic (exact) mass is 368 g/mol. The van der Waals surface area contributed by atoms with Crippen LogP contribution in [0.4, 0.5) is 0 Å². The van der Waals surface area contributed by atoms with Crippen molar-refractivity contribution >= 4 is 5.91 Å². The van der Waals surface area contributed by atoms with Crippen LogP contribution in [0.1, 0.15) is 22.3 Å². The summed E-state index contributed by atoms with van der Waals surface area (Å²) < 4.78 is 11.1. The van der Waals surface area contributed by atoms with Crippen molar-refractivity contribution in [3.63, 3.8) is 0 Å². The number of carbonyl (C=O) groups is 1. The minimum atomic E-state index is -0.116. The molecule has 0 aliphatic carbocycles. The van der Waals surface area contributed by atoms with Crippen molar-refractivity contribution in [3.05, 3.63) is 64.7 Å². The molecule has 3 rings (SSSR count). The first-order chi connectivity index (χ1) is 13.1. The molecule has 0 unspecified atom stereocenters. The van der Waals surface area contributed by atoms with E-state index in [9.17, 15) is 4.79 Å². The molecule has 0 atom stereocenters. The van der Waals surface area contributed by atoms with Crippen LogP contribution in [0.3, 0.4) is 0 Å². The number of morpholine rings is 1. The highest BCUT2D eigenvalue weighted by molar-refractivity contribution is 5.77. The molecule has 27 heavy (non-hydrogen) atoms. The SMILES string of the molecule is Cc1cccc(C)c1OCC(=O)NCc1ccc(CN2CCOCC2)cc1. The van der Waals surface area contributed by atoms with Gasteiger partial charge in [-0.3, -0.25) is 9.69 Å². The van der Waals surface area contributed by atoms with E-state index in [4.69, 9.17) is 9.47 Å². The summed E-state index contributed by atoms with van der Waals surface area (Å²) in [6.07, 6.45) is 0. The molecule has 1 heterocycles. The third-order valence-corrected chi connectivity index (χ3v) is 4.78. The van der Waals surface area contributed by atoms with Crippen LogP contribution in [0.2, 0.25) is 0 Å².